The van der Waals surface area contributed by atoms with Crippen molar-refractivity contribution in [2.75, 3.05) is 20.1 Å². The zero-order valence-corrected chi connectivity index (χ0v) is 16.2. The maximum Gasteiger partial charge on any atom is 0.246 e. The van der Waals surface area contributed by atoms with Crippen LogP contribution in [0.1, 0.15) is 40.5 Å². The smallest absolute Gasteiger partial charge is 0.246 e. The topological polar surface area (TPSA) is 128 Å². The first kappa shape index (κ1) is 21.9. The summed E-state index contributed by atoms with van der Waals surface area (Å²) in [5.41, 5.74) is -1.16. The lowest BCUT2D eigenvalue weighted by Gasteiger charge is -2.38. The Morgan fingerprint density at radius 1 is 1.08 bits per heavy atom. The van der Waals surface area contributed by atoms with Crippen LogP contribution in [-0.2, 0) is 19.2 Å². The Labute approximate surface area is 154 Å². The average Bonchev–Trinajstić information content (AvgIpc) is 2.76. The summed E-state index contributed by atoms with van der Waals surface area (Å²) in [4.78, 5) is 48.6. The van der Waals surface area contributed by atoms with Crippen molar-refractivity contribution in [1.82, 2.24) is 26.6 Å². The van der Waals surface area contributed by atoms with Gasteiger partial charge in [0.05, 0.1) is 0 Å². The van der Waals surface area contributed by atoms with E-state index >= 15 is 0 Å². The maximum absolute atomic E-state index is 13.1. The fourth-order valence-corrected chi connectivity index (χ4v) is 3.12. The number of hydrogen-bond donors (Lipinski definition) is 5. The molecule has 0 aliphatic carbocycles. The molecule has 0 aromatic heterocycles. The predicted octanol–water partition coefficient (Wildman–Crippen LogP) is -1.36. The second kappa shape index (κ2) is 9.51. The van der Waals surface area contributed by atoms with E-state index in [1.807, 2.05) is 6.92 Å². The Balaban J connectivity index is 3.06. The molecule has 0 radical (unpaired) electrons. The highest BCUT2D eigenvalue weighted by atomic mass is 16.2. The molecule has 9 heteroatoms. The molecule has 1 aliphatic heterocycles. The van der Waals surface area contributed by atoms with Gasteiger partial charge in [0, 0.05) is 26.4 Å². The van der Waals surface area contributed by atoms with Crippen molar-refractivity contribution in [3.05, 3.63) is 0 Å². The lowest BCUT2D eigenvalue weighted by Crippen LogP contribution is -2.66. The Hall–Kier alpha value is -2.16. The molecule has 4 atom stereocenters. The zero-order chi connectivity index (χ0) is 19.9. The van der Waals surface area contributed by atoms with Crippen molar-refractivity contribution in [3.8, 4) is 0 Å². The summed E-state index contributed by atoms with van der Waals surface area (Å²) < 4.78 is 0. The van der Waals surface area contributed by atoms with E-state index in [2.05, 4.69) is 26.6 Å². The number of hydrogen-bond acceptors (Lipinski definition) is 5. The fraction of sp³-hybridized carbons (Fsp3) is 0.765. The van der Waals surface area contributed by atoms with Gasteiger partial charge in [-0.05, 0) is 33.2 Å². The van der Waals surface area contributed by atoms with Crippen LogP contribution in [0.25, 0.3) is 0 Å². The van der Waals surface area contributed by atoms with Crippen molar-refractivity contribution in [2.45, 2.75) is 58.2 Å². The van der Waals surface area contributed by atoms with Gasteiger partial charge in [0.15, 0.2) is 0 Å². The van der Waals surface area contributed by atoms with Gasteiger partial charge >= 0.3 is 0 Å². The van der Waals surface area contributed by atoms with E-state index in [1.165, 1.54) is 14.0 Å². The van der Waals surface area contributed by atoms with Crippen LogP contribution >= 0.6 is 0 Å². The molecule has 1 heterocycles. The Kier molecular flexibility index (Phi) is 8.01. The van der Waals surface area contributed by atoms with Crippen molar-refractivity contribution < 1.29 is 19.2 Å². The summed E-state index contributed by atoms with van der Waals surface area (Å²) in [6.07, 6.45) is 1.13. The summed E-state index contributed by atoms with van der Waals surface area (Å²) in [6, 6.07) is -1.49. The van der Waals surface area contributed by atoms with Gasteiger partial charge in [0.25, 0.3) is 0 Å². The second-order valence-corrected chi connectivity index (χ2v) is 6.90. The summed E-state index contributed by atoms with van der Waals surface area (Å²) in [5, 5.41) is 13.8. The average molecular weight is 369 g/mol. The highest BCUT2D eigenvalue weighted by Crippen LogP contribution is 2.26. The highest BCUT2D eigenvalue weighted by Gasteiger charge is 2.46. The molecule has 0 saturated carbocycles. The van der Waals surface area contributed by atoms with E-state index in [0.717, 1.165) is 6.54 Å². The number of likely N-dealkylation sites (N-methyl/N-ethyl adjacent to an activating group) is 1. The molecule has 4 amide bonds. The van der Waals surface area contributed by atoms with Crippen LogP contribution in [0.15, 0.2) is 0 Å². The first-order valence-electron chi connectivity index (χ1n) is 8.96. The van der Waals surface area contributed by atoms with Crippen LogP contribution in [0.2, 0.25) is 0 Å². The third kappa shape index (κ3) is 5.42. The minimum Gasteiger partial charge on any atom is -0.357 e. The van der Waals surface area contributed by atoms with Crippen molar-refractivity contribution >= 4 is 23.6 Å². The zero-order valence-electron chi connectivity index (χ0n) is 16.2. The van der Waals surface area contributed by atoms with Gasteiger partial charge in [-0.25, -0.2) is 0 Å². The summed E-state index contributed by atoms with van der Waals surface area (Å²) >= 11 is 0. The fourth-order valence-electron chi connectivity index (χ4n) is 3.12. The number of amides is 4. The molecule has 1 rings (SSSR count). The van der Waals surface area contributed by atoms with Crippen molar-refractivity contribution in [3.63, 3.8) is 0 Å². The number of carbonyl (C=O) groups is 4. The van der Waals surface area contributed by atoms with E-state index in [9.17, 15) is 19.2 Å². The number of carbonyl (C=O) groups excluding carboxylic acids is 4. The van der Waals surface area contributed by atoms with Crippen LogP contribution in [0.5, 0.6) is 0 Å². The van der Waals surface area contributed by atoms with Crippen LogP contribution in [-0.4, -0.2) is 61.4 Å². The molecule has 0 unspecified atom stereocenters. The lowest BCUT2D eigenvalue weighted by atomic mass is 9.80. The molecule has 0 aromatic rings. The van der Waals surface area contributed by atoms with Gasteiger partial charge < -0.3 is 26.6 Å². The molecule has 26 heavy (non-hydrogen) atoms. The third-order valence-electron chi connectivity index (χ3n) is 4.77. The molecule has 148 valence electrons. The van der Waals surface area contributed by atoms with Gasteiger partial charge in [-0.3, -0.25) is 19.2 Å². The van der Waals surface area contributed by atoms with E-state index in [-0.39, 0.29) is 17.7 Å². The van der Waals surface area contributed by atoms with Crippen LogP contribution < -0.4 is 26.6 Å². The highest BCUT2D eigenvalue weighted by molar-refractivity contribution is 5.96. The van der Waals surface area contributed by atoms with Crippen molar-refractivity contribution in [2.24, 2.45) is 5.92 Å². The second-order valence-electron chi connectivity index (χ2n) is 6.90. The van der Waals surface area contributed by atoms with Crippen LogP contribution in [0, 0.1) is 5.92 Å². The molecule has 1 aliphatic rings. The molecule has 0 spiro atoms. The van der Waals surface area contributed by atoms with Gasteiger partial charge in [-0.15, -0.1) is 0 Å². The molecule has 1 fully saturated rings. The monoisotopic (exact) mass is 369 g/mol. The third-order valence-corrected chi connectivity index (χ3v) is 4.77. The maximum atomic E-state index is 13.1. The van der Waals surface area contributed by atoms with E-state index in [1.54, 1.807) is 13.8 Å². The van der Waals surface area contributed by atoms with E-state index in [4.69, 9.17) is 0 Å². The molecular weight excluding hydrogens is 338 g/mol. The molecule has 9 nitrogen and oxygen atoms in total. The molecule has 0 bridgehead atoms. The molecule has 5 N–H and O–H groups in total. The largest absolute Gasteiger partial charge is 0.357 e. The SMILES string of the molecule is CNC(=O)[C@H](C)NC(=O)[C@]1(NC(=O)[C@H](C)NC(C)=O)CCCNC[C@H]1C. The Morgan fingerprint density at radius 3 is 2.27 bits per heavy atom. The number of rotatable bonds is 6. The Morgan fingerprint density at radius 2 is 1.69 bits per heavy atom. The summed E-state index contributed by atoms with van der Waals surface area (Å²) in [5.74, 6) is -1.67. The summed E-state index contributed by atoms with van der Waals surface area (Å²) in [7, 11) is 1.50. The van der Waals surface area contributed by atoms with Gasteiger partial charge in [0.1, 0.15) is 17.6 Å². The van der Waals surface area contributed by atoms with Gasteiger partial charge in [0.2, 0.25) is 23.6 Å². The first-order valence-corrected chi connectivity index (χ1v) is 8.96. The first-order chi connectivity index (χ1) is 12.1. The van der Waals surface area contributed by atoms with Crippen molar-refractivity contribution in [1.29, 1.82) is 0 Å². The standard InChI is InChI=1S/C17H31N5O4/c1-10-9-19-8-6-7-17(10,16(26)21-11(2)14(24)18-5)22-15(25)12(3)20-13(4)23/h10-12,19H,6-9H2,1-5H3,(H,18,24)(H,20,23)(H,21,26)(H,22,25)/t10-,11+,12+,17+/m1/s1. The quantitative estimate of drug-likeness (QED) is 0.395. The van der Waals surface area contributed by atoms with E-state index in [0.29, 0.717) is 19.4 Å². The predicted molar refractivity (Wildman–Crippen MR) is 97.1 cm³/mol. The lowest BCUT2D eigenvalue weighted by molar-refractivity contribution is -0.139. The van der Waals surface area contributed by atoms with E-state index < -0.39 is 29.4 Å². The van der Waals surface area contributed by atoms with Crippen LogP contribution in [0.4, 0.5) is 0 Å². The molecule has 1 saturated heterocycles. The van der Waals surface area contributed by atoms with Gasteiger partial charge in [-0.2, -0.15) is 0 Å². The summed E-state index contributed by atoms with van der Waals surface area (Å²) in [6.45, 7) is 7.65. The normalized spacial score (nSPS) is 25.2. The molecule has 0 aromatic carbocycles. The van der Waals surface area contributed by atoms with Crippen LogP contribution in [0.3, 0.4) is 0 Å². The Bertz CT molecular complexity index is 553. The minimum absolute atomic E-state index is 0.199. The minimum atomic E-state index is -1.16. The number of nitrogens with one attached hydrogen (secondary N) is 5. The molecular formula is C17H31N5O4. The van der Waals surface area contributed by atoms with Gasteiger partial charge in [-0.1, -0.05) is 6.92 Å².